The number of fused-ring (bicyclic) bond motifs is 5. The van der Waals surface area contributed by atoms with Crippen LogP contribution in [0.3, 0.4) is 0 Å². The van der Waals surface area contributed by atoms with Gasteiger partial charge >= 0.3 is 5.97 Å². The Labute approximate surface area is 171 Å². The second-order valence-corrected chi connectivity index (χ2v) is 8.89. The maximum Gasteiger partial charge on any atom is 0.335 e. The van der Waals surface area contributed by atoms with Gasteiger partial charge < -0.3 is 10.2 Å². The highest BCUT2D eigenvalue weighted by Gasteiger charge is 2.54. The minimum atomic E-state index is -0.879. The molecule has 0 radical (unpaired) electrons. The van der Waals surface area contributed by atoms with E-state index >= 15 is 0 Å². The topological polar surface area (TPSA) is 74.6 Å². The molecule has 0 aromatic heterocycles. The van der Waals surface area contributed by atoms with Crippen LogP contribution in [-0.4, -0.2) is 22.0 Å². The first-order valence-corrected chi connectivity index (χ1v) is 10.5. The van der Waals surface area contributed by atoms with Gasteiger partial charge in [-0.25, -0.2) is 4.79 Å². The van der Waals surface area contributed by atoms with Crippen LogP contribution in [0, 0.1) is 17.3 Å². The predicted molar refractivity (Wildman–Crippen MR) is 111 cm³/mol. The Morgan fingerprint density at radius 1 is 1.03 bits per heavy atom. The molecule has 0 unspecified atom stereocenters. The third kappa shape index (κ3) is 3.57. The van der Waals surface area contributed by atoms with Crippen LogP contribution in [0.15, 0.2) is 48.5 Å². The Bertz CT molecular complexity index is 920. The largest absolute Gasteiger partial charge is 0.508 e. The van der Waals surface area contributed by atoms with Crippen LogP contribution in [0.2, 0.25) is 0 Å². The molecule has 2 aromatic carbocycles. The van der Waals surface area contributed by atoms with Gasteiger partial charge in [-0.3, -0.25) is 4.79 Å². The second kappa shape index (κ2) is 7.66. The molecule has 29 heavy (non-hydrogen) atoms. The molecule has 4 nitrogen and oxygen atoms in total. The Hall–Kier alpha value is -2.62. The molecule has 0 bridgehead atoms. The fourth-order valence-electron chi connectivity index (χ4n) is 5.92. The molecule has 3 aliphatic rings. The number of phenols is 1. The van der Waals surface area contributed by atoms with Crippen molar-refractivity contribution in [3.05, 3.63) is 65.2 Å². The number of carboxylic acids is 1. The highest BCUT2D eigenvalue weighted by Crippen LogP contribution is 2.59. The fourth-order valence-corrected chi connectivity index (χ4v) is 5.92. The molecule has 2 N–H and O–H groups in total. The van der Waals surface area contributed by atoms with Crippen molar-refractivity contribution in [3.63, 3.8) is 0 Å². The number of aromatic hydroxyl groups is 1. The number of rotatable bonds is 1. The summed E-state index contributed by atoms with van der Waals surface area (Å²) in [5.74, 6) is 1.91. The van der Waals surface area contributed by atoms with Gasteiger partial charge in [-0.2, -0.15) is 0 Å². The Balaban J connectivity index is 0.000000192. The van der Waals surface area contributed by atoms with E-state index in [-0.39, 0.29) is 5.41 Å². The lowest BCUT2D eigenvalue weighted by atomic mass is 9.55. The van der Waals surface area contributed by atoms with Crippen molar-refractivity contribution in [2.75, 3.05) is 0 Å². The van der Waals surface area contributed by atoms with E-state index in [1.54, 1.807) is 30.3 Å². The molecular formula is C25H28O4. The molecule has 2 aromatic rings. The van der Waals surface area contributed by atoms with Gasteiger partial charge in [0.2, 0.25) is 0 Å². The van der Waals surface area contributed by atoms with E-state index in [0.29, 0.717) is 34.8 Å². The van der Waals surface area contributed by atoms with Gasteiger partial charge in [0.1, 0.15) is 11.5 Å². The maximum atomic E-state index is 12.3. The quantitative estimate of drug-likeness (QED) is 0.699. The molecule has 5 rings (SSSR count). The van der Waals surface area contributed by atoms with Crippen LogP contribution in [-0.2, 0) is 11.2 Å². The number of carbonyl (C=O) groups is 2. The molecule has 2 saturated carbocycles. The summed E-state index contributed by atoms with van der Waals surface area (Å²) in [7, 11) is 0. The Kier molecular flexibility index (Phi) is 5.20. The van der Waals surface area contributed by atoms with Crippen molar-refractivity contribution in [1.29, 1.82) is 0 Å². The summed E-state index contributed by atoms with van der Waals surface area (Å²) < 4.78 is 0. The third-order valence-electron chi connectivity index (χ3n) is 7.44. The predicted octanol–water partition coefficient (Wildman–Crippen LogP) is 5.20. The fraction of sp³-hybridized carbons (Fsp3) is 0.440. The van der Waals surface area contributed by atoms with Crippen LogP contribution in [0.25, 0.3) is 0 Å². The molecule has 3 aliphatic carbocycles. The molecule has 4 heteroatoms. The smallest absolute Gasteiger partial charge is 0.335 e. The van der Waals surface area contributed by atoms with Crippen molar-refractivity contribution < 1.29 is 19.8 Å². The normalized spacial score (nSPS) is 29.7. The summed E-state index contributed by atoms with van der Waals surface area (Å²) in [6.07, 6.45) is 6.34. The molecule has 0 saturated heterocycles. The van der Waals surface area contributed by atoms with Crippen LogP contribution < -0.4 is 0 Å². The zero-order chi connectivity index (χ0) is 20.6. The average molecular weight is 392 g/mol. The zero-order valence-electron chi connectivity index (χ0n) is 16.8. The molecule has 4 atom stereocenters. The monoisotopic (exact) mass is 392 g/mol. The highest BCUT2D eigenvalue weighted by molar-refractivity contribution is 5.87. The third-order valence-corrected chi connectivity index (χ3v) is 7.44. The van der Waals surface area contributed by atoms with E-state index in [2.05, 4.69) is 13.0 Å². The number of ketones is 1. The first-order valence-electron chi connectivity index (χ1n) is 10.5. The van der Waals surface area contributed by atoms with Crippen LogP contribution in [0.4, 0.5) is 0 Å². The second-order valence-electron chi connectivity index (χ2n) is 8.89. The van der Waals surface area contributed by atoms with E-state index in [9.17, 15) is 14.7 Å². The summed E-state index contributed by atoms with van der Waals surface area (Å²) >= 11 is 0. The number of benzene rings is 2. The average Bonchev–Trinajstić information content (AvgIpc) is 3.03. The lowest BCUT2D eigenvalue weighted by molar-refractivity contribution is -0.129. The van der Waals surface area contributed by atoms with Gasteiger partial charge in [0.05, 0.1) is 5.56 Å². The molecule has 0 aliphatic heterocycles. The van der Waals surface area contributed by atoms with Crippen LogP contribution >= 0.6 is 0 Å². The Morgan fingerprint density at radius 2 is 1.79 bits per heavy atom. The Morgan fingerprint density at radius 3 is 2.48 bits per heavy atom. The number of carbonyl (C=O) groups excluding carboxylic acids is 1. The first-order chi connectivity index (χ1) is 13.9. The van der Waals surface area contributed by atoms with E-state index in [0.717, 1.165) is 32.1 Å². The molecule has 0 heterocycles. The lowest BCUT2D eigenvalue weighted by Gasteiger charge is -2.48. The van der Waals surface area contributed by atoms with E-state index < -0.39 is 5.97 Å². The molecule has 152 valence electrons. The molecule has 0 amide bonds. The van der Waals surface area contributed by atoms with E-state index in [1.165, 1.54) is 17.5 Å². The standard InChI is InChI=1S/C18H22O2.C7H6O2/c1-18-9-8-14-13-5-3-12(19)10-11(13)2-4-15(14)16(18)6-7-17(18)20;8-7(9)6-4-2-1-3-5-6/h3,5,10,14-16,19H,2,4,6-9H2,1H3;1-5H,(H,8,9)/t14-,15-,16+,18+;/m1./s1. The van der Waals surface area contributed by atoms with Gasteiger partial charge in [0, 0.05) is 11.8 Å². The highest BCUT2D eigenvalue weighted by atomic mass is 16.4. The van der Waals surface area contributed by atoms with E-state index in [4.69, 9.17) is 5.11 Å². The van der Waals surface area contributed by atoms with Gasteiger partial charge in [0.15, 0.2) is 0 Å². The molecular weight excluding hydrogens is 364 g/mol. The van der Waals surface area contributed by atoms with Crippen molar-refractivity contribution in [1.82, 2.24) is 0 Å². The molecule has 0 spiro atoms. The van der Waals surface area contributed by atoms with Crippen LogP contribution in [0.5, 0.6) is 5.75 Å². The molecule has 2 fully saturated rings. The summed E-state index contributed by atoms with van der Waals surface area (Å²) in [6, 6.07) is 14.2. The number of Topliss-reactive ketones (excluding diaryl/α,β-unsaturated/α-hetero) is 1. The van der Waals surface area contributed by atoms with Crippen molar-refractivity contribution in [2.24, 2.45) is 17.3 Å². The number of hydrogen-bond donors (Lipinski definition) is 2. The van der Waals surface area contributed by atoms with Crippen LogP contribution in [0.1, 0.15) is 66.4 Å². The lowest BCUT2D eigenvalue weighted by Crippen LogP contribution is -2.42. The van der Waals surface area contributed by atoms with Crippen molar-refractivity contribution in [3.8, 4) is 5.75 Å². The number of aryl methyl sites for hydroxylation is 1. The van der Waals surface area contributed by atoms with Crippen molar-refractivity contribution in [2.45, 2.75) is 51.4 Å². The number of carboxylic acid groups (broad SMARTS) is 1. The summed E-state index contributed by atoms with van der Waals surface area (Å²) in [5.41, 5.74) is 3.08. The van der Waals surface area contributed by atoms with Gasteiger partial charge in [-0.1, -0.05) is 31.2 Å². The zero-order valence-corrected chi connectivity index (χ0v) is 16.8. The SMILES string of the molecule is C[C@]12CC[C@@H]3c4ccc(O)cc4CC[C@H]3[C@@H]1CCC2=O.O=C(O)c1ccccc1. The van der Waals surface area contributed by atoms with Gasteiger partial charge in [0.25, 0.3) is 0 Å². The number of phenolic OH excluding ortho intramolecular Hbond substituents is 1. The number of hydrogen-bond acceptors (Lipinski definition) is 3. The minimum Gasteiger partial charge on any atom is -0.508 e. The van der Waals surface area contributed by atoms with E-state index in [1.807, 2.05) is 12.1 Å². The van der Waals surface area contributed by atoms with Crippen molar-refractivity contribution >= 4 is 11.8 Å². The van der Waals surface area contributed by atoms with Gasteiger partial charge in [-0.15, -0.1) is 0 Å². The van der Waals surface area contributed by atoms with Gasteiger partial charge in [-0.05, 0) is 85.3 Å². The number of aromatic carboxylic acids is 1. The summed E-state index contributed by atoms with van der Waals surface area (Å²) in [6.45, 7) is 2.22. The summed E-state index contributed by atoms with van der Waals surface area (Å²) in [5, 5.41) is 18.1. The minimum absolute atomic E-state index is 0.0322. The summed E-state index contributed by atoms with van der Waals surface area (Å²) in [4.78, 5) is 22.5. The first kappa shape index (κ1) is 19.7. The maximum absolute atomic E-state index is 12.3.